The van der Waals surface area contributed by atoms with Crippen molar-refractivity contribution in [1.29, 1.82) is 0 Å². The molecule has 1 aromatic heterocycles. The molecule has 0 aliphatic carbocycles. The van der Waals surface area contributed by atoms with Gasteiger partial charge in [-0.15, -0.1) is 0 Å². The van der Waals surface area contributed by atoms with Crippen LogP contribution in [0.4, 0.5) is 0 Å². The summed E-state index contributed by atoms with van der Waals surface area (Å²) < 4.78 is 2.24. The quantitative estimate of drug-likeness (QED) is 0.862. The van der Waals surface area contributed by atoms with Gasteiger partial charge in [0.1, 0.15) is 5.82 Å². The molecule has 1 aliphatic heterocycles. The van der Waals surface area contributed by atoms with E-state index >= 15 is 0 Å². The molecular weight excluding hydrogens is 224 g/mol. The number of rotatable bonds is 5. The van der Waals surface area contributed by atoms with E-state index in [9.17, 15) is 0 Å². The third-order valence-corrected chi connectivity index (χ3v) is 3.97. The highest BCUT2D eigenvalue weighted by molar-refractivity contribution is 4.89. The maximum Gasteiger partial charge on any atom is 0.105 e. The van der Waals surface area contributed by atoms with Gasteiger partial charge in [0.05, 0.1) is 0 Å². The fourth-order valence-electron chi connectivity index (χ4n) is 2.72. The average Bonchev–Trinajstić information content (AvgIpc) is 2.76. The number of aryl methyl sites for hydroxylation is 1. The molecule has 102 valence electrons. The minimum atomic E-state index is 0.641. The van der Waals surface area contributed by atoms with E-state index in [1.807, 2.05) is 6.20 Å². The van der Waals surface area contributed by atoms with E-state index in [1.165, 1.54) is 19.4 Å². The Hall–Kier alpha value is -0.870. The summed E-state index contributed by atoms with van der Waals surface area (Å²) >= 11 is 0. The maximum absolute atomic E-state index is 4.28. The fraction of sp³-hybridized carbons (Fsp3) is 0.786. The summed E-state index contributed by atoms with van der Waals surface area (Å²) in [6.45, 7) is 11.1. The molecule has 2 rings (SSSR count). The summed E-state index contributed by atoms with van der Waals surface area (Å²) in [6.07, 6.45) is 6.51. The Morgan fingerprint density at radius 3 is 2.94 bits per heavy atom. The van der Waals surface area contributed by atoms with Crippen LogP contribution < -0.4 is 5.32 Å². The second kappa shape index (κ2) is 6.34. The SMILES string of the molecule is CCCC1CN(CCn2ccnc2C)C(C)CN1. The van der Waals surface area contributed by atoms with Gasteiger partial charge in [0.25, 0.3) is 0 Å². The zero-order valence-electron chi connectivity index (χ0n) is 11.9. The molecule has 0 radical (unpaired) electrons. The molecule has 2 unspecified atom stereocenters. The Morgan fingerprint density at radius 1 is 1.44 bits per heavy atom. The van der Waals surface area contributed by atoms with Crippen molar-refractivity contribution in [3.8, 4) is 0 Å². The molecule has 1 N–H and O–H groups in total. The van der Waals surface area contributed by atoms with E-state index in [1.54, 1.807) is 0 Å². The number of nitrogens with zero attached hydrogens (tertiary/aromatic N) is 3. The Labute approximate surface area is 110 Å². The van der Waals surface area contributed by atoms with Gasteiger partial charge in [0.2, 0.25) is 0 Å². The molecule has 0 saturated carbocycles. The maximum atomic E-state index is 4.28. The molecule has 4 heteroatoms. The highest BCUT2D eigenvalue weighted by atomic mass is 15.2. The molecular formula is C14H26N4. The van der Waals surface area contributed by atoms with E-state index in [2.05, 4.69) is 46.7 Å². The van der Waals surface area contributed by atoms with Crippen molar-refractivity contribution in [2.45, 2.75) is 52.2 Å². The smallest absolute Gasteiger partial charge is 0.105 e. The molecule has 1 saturated heterocycles. The van der Waals surface area contributed by atoms with Crippen LogP contribution in [0.25, 0.3) is 0 Å². The minimum absolute atomic E-state index is 0.641. The molecule has 18 heavy (non-hydrogen) atoms. The highest BCUT2D eigenvalue weighted by Gasteiger charge is 2.23. The first-order valence-electron chi connectivity index (χ1n) is 7.16. The van der Waals surface area contributed by atoms with Gasteiger partial charge in [-0.1, -0.05) is 13.3 Å². The standard InChI is InChI=1S/C14H26N4/c1-4-5-14-11-18(12(2)10-16-14)9-8-17-7-6-15-13(17)3/h6-7,12,14,16H,4-5,8-11H2,1-3H3. The summed E-state index contributed by atoms with van der Waals surface area (Å²) in [4.78, 5) is 6.88. The Bertz CT molecular complexity index is 360. The van der Waals surface area contributed by atoms with Crippen molar-refractivity contribution in [1.82, 2.24) is 19.8 Å². The average molecular weight is 250 g/mol. The molecule has 2 heterocycles. The summed E-state index contributed by atoms with van der Waals surface area (Å²) in [5.41, 5.74) is 0. The van der Waals surface area contributed by atoms with Crippen LogP contribution in [0.15, 0.2) is 12.4 Å². The molecule has 0 bridgehead atoms. The Balaban J connectivity index is 1.85. The number of aromatic nitrogens is 2. The van der Waals surface area contributed by atoms with Crippen molar-refractivity contribution in [3.05, 3.63) is 18.2 Å². The lowest BCUT2D eigenvalue weighted by molar-refractivity contribution is 0.132. The van der Waals surface area contributed by atoms with Crippen LogP contribution in [0.5, 0.6) is 0 Å². The molecule has 0 amide bonds. The second-order valence-electron chi connectivity index (χ2n) is 5.41. The molecule has 1 aromatic rings. The van der Waals surface area contributed by atoms with E-state index in [0.29, 0.717) is 12.1 Å². The first-order chi connectivity index (χ1) is 8.70. The predicted octanol–water partition coefficient (Wildman–Crippen LogP) is 1.65. The third-order valence-electron chi connectivity index (χ3n) is 3.97. The van der Waals surface area contributed by atoms with Gasteiger partial charge < -0.3 is 9.88 Å². The second-order valence-corrected chi connectivity index (χ2v) is 5.41. The Kier molecular flexibility index (Phi) is 4.78. The van der Waals surface area contributed by atoms with Gasteiger partial charge in [-0.3, -0.25) is 4.90 Å². The van der Waals surface area contributed by atoms with Crippen LogP contribution in [-0.2, 0) is 6.54 Å². The van der Waals surface area contributed by atoms with Gasteiger partial charge in [-0.25, -0.2) is 4.98 Å². The monoisotopic (exact) mass is 250 g/mol. The van der Waals surface area contributed by atoms with Crippen molar-refractivity contribution >= 4 is 0 Å². The largest absolute Gasteiger partial charge is 0.334 e. The predicted molar refractivity (Wildman–Crippen MR) is 74.7 cm³/mol. The highest BCUT2D eigenvalue weighted by Crippen LogP contribution is 2.10. The lowest BCUT2D eigenvalue weighted by Gasteiger charge is -2.39. The minimum Gasteiger partial charge on any atom is -0.334 e. The fourth-order valence-corrected chi connectivity index (χ4v) is 2.72. The number of nitrogens with one attached hydrogen (secondary N) is 1. The third kappa shape index (κ3) is 3.33. The summed E-state index contributed by atoms with van der Waals surface area (Å²) in [5.74, 6) is 1.11. The molecule has 1 fully saturated rings. The zero-order chi connectivity index (χ0) is 13.0. The molecule has 1 aliphatic rings. The topological polar surface area (TPSA) is 33.1 Å². The Morgan fingerprint density at radius 2 is 2.28 bits per heavy atom. The van der Waals surface area contributed by atoms with Crippen LogP contribution in [0.2, 0.25) is 0 Å². The van der Waals surface area contributed by atoms with E-state index in [-0.39, 0.29) is 0 Å². The van der Waals surface area contributed by atoms with Crippen LogP contribution in [0, 0.1) is 6.92 Å². The van der Waals surface area contributed by atoms with Gasteiger partial charge in [0, 0.05) is 50.7 Å². The molecule has 2 atom stereocenters. The normalized spacial score (nSPS) is 25.5. The van der Waals surface area contributed by atoms with Gasteiger partial charge in [-0.2, -0.15) is 0 Å². The summed E-state index contributed by atoms with van der Waals surface area (Å²) in [5, 5.41) is 3.64. The van der Waals surface area contributed by atoms with Crippen molar-refractivity contribution in [2.75, 3.05) is 19.6 Å². The summed E-state index contributed by atoms with van der Waals surface area (Å²) in [6, 6.07) is 1.32. The number of imidazole rings is 1. The van der Waals surface area contributed by atoms with Gasteiger partial charge in [-0.05, 0) is 20.3 Å². The van der Waals surface area contributed by atoms with E-state index in [4.69, 9.17) is 0 Å². The lowest BCUT2D eigenvalue weighted by Crippen LogP contribution is -2.55. The van der Waals surface area contributed by atoms with Crippen LogP contribution in [0.3, 0.4) is 0 Å². The zero-order valence-corrected chi connectivity index (χ0v) is 11.9. The van der Waals surface area contributed by atoms with Crippen molar-refractivity contribution < 1.29 is 0 Å². The van der Waals surface area contributed by atoms with Crippen LogP contribution in [-0.4, -0.2) is 46.2 Å². The lowest BCUT2D eigenvalue weighted by atomic mass is 10.1. The first-order valence-corrected chi connectivity index (χ1v) is 7.16. The van der Waals surface area contributed by atoms with Gasteiger partial charge in [0.15, 0.2) is 0 Å². The number of hydrogen-bond donors (Lipinski definition) is 1. The van der Waals surface area contributed by atoms with Crippen molar-refractivity contribution in [3.63, 3.8) is 0 Å². The molecule has 4 nitrogen and oxygen atoms in total. The first kappa shape index (κ1) is 13.6. The molecule has 0 spiro atoms. The van der Waals surface area contributed by atoms with E-state index < -0.39 is 0 Å². The van der Waals surface area contributed by atoms with Crippen LogP contribution in [0.1, 0.15) is 32.5 Å². The van der Waals surface area contributed by atoms with E-state index in [0.717, 1.165) is 25.5 Å². The van der Waals surface area contributed by atoms with Crippen molar-refractivity contribution in [2.24, 2.45) is 0 Å². The van der Waals surface area contributed by atoms with Gasteiger partial charge >= 0.3 is 0 Å². The number of piperazine rings is 1. The van der Waals surface area contributed by atoms with Crippen LogP contribution >= 0.6 is 0 Å². The summed E-state index contributed by atoms with van der Waals surface area (Å²) in [7, 11) is 0. The number of hydrogen-bond acceptors (Lipinski definition) is 3. The molecule has 0 aromatic carbocycles.